The van der Waals surface area contributed by atoms with Crippen molar-refractivity contribution in [1.29, 1.82) is 0 Å². The maximum absolute atomic E-state index is 5.77. The maximum atomic E-state index is 5.77. The number of nitrogens with one attached hydrogen (secondary N) is 1. The molecule has 0 aliphatic carbocycles. The highest BCUT2D eigenvalue weighted by atomic mass is 16.5. The fourth-order valence-electron chi connectivity index (χ4n) is 2.16. The molecule has 0 saturated heterocycles. The van der Waals surface area contributed by atoms with E-state index in [1.54, 1.807) is 0 Å². The van der Waals surface area contributed by atoms with E-state index in [-0.39, 0.29) is 0 Å². The van der Waals surface area contributed by atoms with Crippen molar-refractivity contribution in [3.05, 3.63) is 91.0 Å². The Bertz CT molecular complexity index is 778. The number of nitrogen functional groups attached to an aromatic ring is 1. The molecule has 3 N–H and O–H groups in total. The zero-order chi connectivity index (χ0) is 16.1. The molecule has 0 spiro atoms. The summed E-state index contributed by atoms with van der Waals surface area (Å²) in [7, 11) is 0. The minimum Gasteiger partial charge on any atom is -0.457 e. The molecule has 0 amide bonds. The fraction of sp³-hybridized carbons (Fsp3) is 0. The van der Waals surface area contributed by atoms with Gasteiger partial charge in [-0.1, -0.05) is 36.9 Å². The van der Waals surface area contributed by atoms with Gasteiger partial charge in [0.1, 0.15) is 11.5 Å². The third-order valence-electron chi connectivity index (χ3n) is 3.39. The third-order valence-corrected chi connectivity index (χ3v) is 3.39. The molecule has 0 bridgehead atoms. The Balaban J connectivity index is 1.65. The normalized spacial score (nSPS) is 10.1. The van der Waals surface area contributed by atoms with Crippen molar-refractivity contribution in [2.45, 2.75) is 0 Å². The fourth-order valence-corrected chi connectivity index (χ4v) is 2.16. The molecule has 0 aliphatic heterocycles. The van der Waals surface area contributed by atoms with Gasteiger partial charge in [0, 0.05) is 17.1 Å². The quantitative estimate of drug-likeness (QED) is 0.641. The first-order valence-corrected chi connectivity index (χ1v) is 7.35. The standard InChI is InChI=1S/C20H18N2O/c1-15(16-5-3-2-4-6-16)22-18-9-13-20(14-10-18)23-19-11-7-17(21)8-12-19/h2-14,22H,1,21H2. The molecule has 23 heavy (non-hydrogen) atoms. The number of hydrogen-bond donors (Lipinski definition) is 2. The molecule has 3 heteroatoms. The number of ether oxygens (including phenoxy) is 1. The van der Waals surface area contributed by atoms with Gasteiger partial charge in [0.25, 0.3) is 0 Å². The van der Waals surface area contributed by atoms with Crippen LogP contribution in [0.25, 0.3) is 5.70 Å². The van der Waals surface area contributed by atoms with Gasteiger partial charge in [-0.15, -0.1) is 0 Å². The van der Waals surface area contributed by atoms with Crippen LogP contribution >= 0.6 is 0 Å². The number of benzene rings is 3. The highest BCUT2D eigenvalue weighted by Gasteiger charge is 2.01. The second-order valence-corrected chi connectivity index (χ2v) is 5.17. The lowest BCUT2D eigenvalue weighted by atomic mass is 10.1. The highest BCUT2D eigenvalue weighted by molar-refractivity contribution is 5.75. The lowest BCUT2D eigenvalue weighted by molar-refractivity contribution is 0.483. The van der Waals surface area contributed by atoms with E-state index in [1.807, 2.05) is 78.9 Å². The first kappa shape index (κ1) is 14.7. The van der Waals surface area contributed by atoms with Crippen molar-refractivity contribution in [3.8, 4) is 11.5 Å². The van der Waals surface area contributed by atoms with E-state index in [0.717, 1.165) is 34.1 Å². The molecule has 0 aliphatic rings. The van der Waals surface area contributed by atoms with Gasteiger partial charge in [0.2, 0.25) is 0 Å². The largest absolute Gasteiger partial charge is 0.457 e. The van der Waals surface area contributed by atoms with Gasteiger partial charge in [-0.2, -0.15) is 0 Å². The molecule has 3 rings (SSSR count). The smallest absolute Gasteiger partial charge is 0.127 e. The number of hydrogen-bond acceptors (Lipinski definition) is 3. The number of rotatable bonds is 5. The van der Waals surface area contributed by atoms with Crippen LogP contribution in [0.15, 0.2) is 85.4 Å². The summed E-state index contributed by atoms with van der Waals surface area (Å²) < 4.78 is 5.77. The summed E-state index contributed by atoms with van der Waals surface area (Å²) in [5.74, 6) is 1.53. The van der Waals surface area contributed by atoms with Crippen LogP contribution in [0.1, 0.15) is 5.56 Å². The first-order valence-electron chi connectivity index (χ1n) is 7.35. The minimum atomic E-state index is 0.719. The summed E-state index contributed by atoms with van der Waals surface area (Å²) in [6.07, 6.45) is 0. The van der Waals surface area contributed by atoms with E-state index in [1.165, 1.54) is 0 Å². The second-order valence-electron chi connectivity index (χ2n) is 5.17. The molecule has 0 heterocycles. The average molecular weight is 302 g/mol. The SMILES string of the molecule is C=C(Nc1ccc(Oc2ccc(N)cc2)cc1)c1ccccc1. The van der Waals surface area contributed by atoms with Gasteiger partial charge in [-0.05, 0) is 54.1 Å². The lowest BCUT2D eigenvalue weighted by Crippen LogP contribution is -1.96. The predicted molar refractivity (Wildman–Crippen MR) is 96.5 cm³/mol. The zero-order valence-corrected chi connectivity index (χ0v) is 12.7. The van der Waals surface area contributed by atoms with E-state index in [9.17, 15) is 0 Å². The van der Waals surface area contributed by atoms with Crippen molar-refractivity contribution in [3.63, 3.8) is 0 Å². The van der Waals surface area contributed by atoms with Gasteiger partial charge >= 0.3 is 0 Å². The molecule has 3 aromatic carbocycles. The van der Waals surface area contributed by atoms with Gasteiger partial charge in [0.05, 0.1) is 0 Å². The summed E-state index contributed by atoms with van der Waals surface area (Å²) in [5.41, 5.74) is 9.27. The highest BCUT2D eigenvalue weighted by Crippen LogP contribution is 2.25. The zero-order valence-electron chi connectivity index (χ0n) is 12.7. The van der Waals surface area contributed by atoms with Gasteiger partial charge < -0.3 is 15.8 Å². The Morgan fingerprint density at radius 1 is 0.783 bits per heavy atom. The van der Waals surface area contributed by atoms with Crippen LogP contribution in [0, 0.1) is 0 Å². The van der Waals surface area contributed by atoms with Crippen LogP contribution < -0.4 is 15.8 Å². The Hall–Kier alpha value is -3.20. The van der Waals surface area contributed by atoms with Crippen LogP contribution in [0.5, 0.6) is 11.5 Å². The molecule has 0 fully saturated rings. The molecule has 0 radical (unpaired) electrons. The van der Waals surface area contributed by atoms with Crippen LogP contribution in [-0.4, -0.2) is 0 Å². The monoisotopic (exact) mass is 302 g/mol. The van der Waals surface area contributed by atoms with Crippen molar-refractivity contribution in [1.82, 2.24) is 0 Å². The topological polar surface area (TPSA) is 47.3 Å². The summed E-state index contributed by atoms with van der Waals surface area (Å²) in [6.45, 7) is 4.06. The number of nitrogens with two attached hydrogens (primary N) is 1. The lowest BCUT2D eigenvalue weighted by Gasteiger charge is -2.11. The van der Waals surface area contributed by atoms with Gasteiger partial charge in [-0.25, -0.2) is 0 Å². The van der Waals surface area contributed by atoms with E-state index in [4.69, 9.17) is 10.5 Å². The van der Waals surface area contributed by atoms with Crippen molar-refractivity contribution < 1.29 is 4.74 Å². The molecular formula is C20H18N2O. The van der Waals surface area contributed by atoms with Crippen LogP contribution in [0.2, 0.25) is 0 Å². The maximum Gasteiger partial charge on any atom is 0.127 e. The molecular weight excluding hydrogens is 284 g/mol. The molecule has 0 saturated carbocycles. The summed E-state index contributed by atoms with van der Waals surface area (Å²) in [5, 5.41) is 3.29. The van der Waals surface area contributed by atoms with Crippen LogP contribution in [0.4, 0.5) is 11.4 Å². The minimum absolute atomic E-state index is 0.719. The van der Waals surface area contributed by atoms with E-state index < -0.39 is 0 Å². The third kappa shape index (κ3) is 3.92. The summed E-state index contributed by atoms with van der Waals surface area (Å²) >= 11 is 0. The molecule has 3 nitrogen and oxygen atoms in total. The molecule has 0 aromatic heterocycles. The van der Waals surface area contributed by atoms with Crippen LogP contribution in [-0.2, 0) is 0 Å². The molecule has 0 atom stereocenters. The summed E-state index contributed by atoms with van der Waals surface area (Å²) in [6, 6.07) is 25.1. The predicted octanol–water partition coefficient (Wildman–Crippen LogP) is 5.14. The Morgan fingerprint density at radius 3 is 1.96 bits per heavy atom. The Labute approximate surface area is 136 Å². The van der Waals surface area contributed by atoms with Crippen molar-refractivity contribution in [2.75, 3.05) is 11.1 Å². The molecule has 3 aromatic rings. The number of anilines is 2. The molecule has 0 unspecified atom stereocenters. The van der Waals surface area contributed by atoms with Gasteiger partial charge in [0.15, 0.2) is 0 Å². The molecule has 114 valence electrons. The van der Waals surface area contributed by atoms with Gasteiger partial charge in [-0.3, -0.25) is 0 Å². The second kappa shape index (κ2) is 6.71. The van der Waals surface area contributed by atoms with Crippen molar-refractivity contribution in [2.24, 2.45) is 0 Å². The Morgan fingerprint density at radius 2 is 1.35 bits per heavy atom. The van der Waals surface area contributed by atoms with E-state index >= 15 is 0 Å². The Kier molecular flexibility index (Phi) is 4.29. The summed E-state index contributed by atoms with van der Waals surface area (Å²) in [4.78, 5) is 0. The van der Waals surface area contributed by atoms with E-state index in [0.29, 0.717) is 0 Å². The van der Waals surface area contributed by atoms with E-state index in [2.05, 4.69) is 11.9 Å². The average Bonchev–Trinajstić information content (AvgIpc) is 2.59. The van der Waals surface area contributed by atoms with Crippen LogP contribution in [0.3, 0.4) is 0 Å². The van der Waals surface area contributed by atoms with Crippen molar-refractivity contribution >= 4 is 17.1 Å². The first-order chi connectivity index (χ1) is 11.2.